The molecule has 3 aromatic carbocycles. The Morgan fingerprint density at radius 2 is 1.74 bits per heavy atom. The van der Waals surface area contributed by atoms with Gasteiger partial charge in [-0.15, -0.1) is 0 Å². The van der Waals surface area contributed by atoms with Gasteiger partial charge in [0.15, 0.2) is 0 Å². The third-order valence-corrected chi connectivity index (χ3v) is 5.21. The molecular formula is C25H24N2O4. The molecule has 0 spiro atoms. The van der Waals surface area contributed by atoms with Crippen LogP contribution in [0.4, 0.5) is 0 Å². The SMILES string of the molecule is NCc1cccc(-c2cc(COc3c(CN)cccc3CC(=O)O)cc3ccoc23)c1. The molecule has 0 aliphatic rings. The highest BCUT2D eigenvalue weighted by Gasteiger charge is 2.14. The Morgan fingerprint density at radius 3 is 2.52 bits per heavy atom. The fraction of sp³-hybridized carbons (Fsp3) is 0.160. The van der Waals surface area contributed by atoms with E-state index < -0.39 is 5.97 Å². The smallest absolute Gasteiger partial charge is 0.307 e. The quantitative estimate of drug-likeness (QED) is 0.396. The standard InChI is InChI=1S/C25H24N2O4/c26-13-16-3-1-4-18(9-16)22-11-17(10-20-7-8-30-25(20)22)15-31-24-19(12-23(28)29)5-2-6-21(24)14-27/h1-11H,12-15,26-27H2,(H,28,29). The Labute approximate surface area is 180 Å². The molecule has 6 heteroatoms. The first-order chi connectivity index (χ1) is 15.1. The van der Waals surface area contributed by atoms with Crippen LogP contribution in [0.25, 0.3) is 22.1 Å². The predicted octanol–water partition coefficient (Wildman–Crippen LogP) is 4.22. The fourth-order valence-electron chi connectivity index (χ4n) is 3.75. The molecule has 0 saturated heterocycles. The number of rotatable bonds is 8. The summed E-state index contributed by atoms with van der Waals surface area (Å²) in [6.45, 7) is 0.995. The van der Waals surface area contributed by atoms with Crippen molar-refractivity contribution in [3.8, 4) is 16.9 Å². The van der Waals surface area contributed by atoms with Gasteiger partial charge in [0.1, 0.15) is 17.9 Å². The van der Waals surface area contributed by atoms with Gasteiger partial charge in [-0.05, 0) is 41.0 Å². The topological polar surface area (TPSA) is 112 Å². The van der Waals surface area contributed by atoms with Crippen LogP contribution in [0.2, 0.25) is 0 Å². The number of hydrogen-bond donors (Lipinski definition) is 3. The maximum absolute atomic E-state index is 11.3. The third kappa shape index (κ3) is 4.45. The summed E-state index contributed by atoms with van der Waals surface area (Å²) in [5, 5.41) is 10.2. The van der Waals surface area contributed by atoms with Gasteiger partial charge in [0, 0.05) is 35.2 Å². The summed E-state index contributed by atoms with van der Waals surface area (Å²) in [7, 11) is 0. The summed E-state index contributed by atoms with van der Waals surface area (Å²) in [6.07, 6.45) is 1.54. The van der Waals surface area contributed by atoms with Crippen LogP contribution in [-0.4, -0.2) is 11.1 Å². The van der Waals surface area contributed by atoms with Gasteiger partial charge in [-0.1, -0.05) is 36.4 Å². The molecule has 31 heavy (non-hydrogen) atoms. The molecular weight excluding hydrogens is 392 g/mol. The molecule has 6 nitrogen and oxygen atoms in total. The lowest BCUT2D eigenvalue weighted by molar-refractivity contribution is -0.136. The van der Waals surface area contributed by atoms with Crippen LogP contribution in [-0.2, 0) is 30.9 Å². The van der Waals surface area contributed by atoms with Crippen molar-refractivity contribution in [2.24, 2.45) is 11.5 Å². The van der Waals surface area contributed by atoms with Gasteiger partial charge >= 0.3 is 5.97 Å². The van der Waals surface area contributed by atoms with Gasteiger partial charge in [-0.2, -0.15) is 0 Å². The zero-order valence-corrected chi connectivity index (χ0v) is 17.0. The van der Waals surface area contributed by atoms with Crippen molar-refractivity contribution in [3.63, 3.8) is 0 Å². The lowest BCUT2D eigenvalue weighted by Gasteiger charge is -2.15. The number of benzene rings is 3. The molecule has 0 amide bonds. The summed E-state index contributed by atoms with van der Waals surface area (Å²) in [4.78, 5) is 11.3. The Hall–Kier alpha value is -3.61. The molecule has 0 unspecified atom stereocenters. The first-order valence-corrected chi connectivity index (χ1v) is 10.0. The van der Waals surface area contributed by atoms with E-state index in [0.29, 0.717) is 17.9 Å². The molecule has 0 saturated carbocycles. The van der Waals surface area contributed by atoms with Crippen molar-refractivity contribution in [2.45, 2.75) is 26.1 Å². The summed E-state index contributed by atoms with van der Waals surface area (Å²) >= 11 is 0. The van der Waals surface area contributed by atoms with Gasteiger partial charge in [-0.25, -0.2) is 0 Å². The van der Waals surface area contributed by atoms with Crippen LogP contribution in [0.15, 0.2) is 71.3 Å². The molecule has 0 aliphatic heterocycles. The van der Waals surface area contributed by atoms with Crippen molar-refractivity contribution in [1.29, 1.82) is 0 Å². The number of carboxylic acid groups (broad SMARTS) is 1. The van der Waals surface area contributed by atoms with E-state index in [1.807, 2.05) is 42.5 Å². The number of fused-ring (bicyclic) bond motifs is 1. The minimum Gasteiger partial charge on any atom is -0.488 e. The van der Waals surface area contributed by atoms with Crippen molar-refractivity contribution >= 4 is 16.9 Å². The number of aliphatic carboxylic acids is 1. The molecule has 0 fully saturated rings. The van der Waals surface area contributed by atoms with E-state index in [9.17, 15) is 9.90 Å². The molecule has 5 N–H and O–H groups in total. The highest BCUT2D eigenvalue weighted by molar-refractivity contribution is 5.93. The van der Waals surface area contributed by atoms with E-state index in [4.69, 9.17) is 20.6 Å². The van der Waals surface area contributed by atoms with Crippen LogP contribution in [0, 0.1) is 0 Å². The maximum Gasteiger partial charge on any atom is 0.307 e. The van der Waals surface area contributed by atoms with Crippen molar-refractivity contribution in [1.82, 2.24) is 0 Å². The highest BCUT2D eigenvalue weighted by atomic mass is 16.5. The Bertz CT molecular complexity index is 1230. The maximum atomic E-state index is 11.3. The van der Waals surface area contributed by atoms with E-state index >= 15 is 0 Å². The number of para-hydroxylation sites is 1. The van der Waals surface area contributed by atoms with Gasteiger partial charge < -0.3 is 25.7 Å². The third-order valence-electron chi connectivity index (χ3n) is 5.21. The molecule has 158 valence electrons. The number of carboxylic acids is 1. The van der Waals surface area contributed by atoms with E-state index in [1.54, 1.807) is 18.4 Å². The minimum atomic E-state index is -0.916. The van der Waals surface area contributed by atoms with Crippen molar-refractivity contribution in [2.75, 3.05) is 0 Å². The first-order valence-electron chi connectivity index (χ1n) is 10.0. The average Bonchev–Trinajstić information content (AvgIpc) is 3.25. The van der Waals surface area contributed by atoms with E-state index in [2.05, 4.69) is 6.07 Å². The zero-order chi connectivity index (χ0) is 21.8. The van der Waals surface area contributed by atoms with Crippen LogP contribution in [0.5, 0.6) is 5.75 Å². The van der Waals surface area contributed by atoms with E-state index in [1.165, 1.54) is 0 Å². The molecule has 4 aromatic rings. The summed E-state index contributed by atoms with van der Waals surface area (Å²) in [6, 6.07) is 19.4. The van der Waals surface area contributed by atoms with Gasteiger partial charge in [-0.3, -0.25) is 4.79 Å². The largest absolute Gasteiger partial charge is 0.488 e. The van der Waals surface area contributed by atoms with E-state index in [-0.39, 0.29) is 19.6 Å². The minimum absolute atomic E-state index is 0.124. The highest BCUT2D eigenvalue weighted by Crippen LogP contribution is 2.33. The summed E-state index contributed by atoms with van der Waals surface area (Å²) in [5.74, 6) is -0.382. The van der Waals surface area contributed by atoms with Crippen molar-refractivity contribution < 1.29 is 19.1 Å². The zero-order valence-electron chi connectivity index (χ0n) is 17.0. The normalized spacial score (nSPS) is 11.0. The second kappa shape index (κ2) is 9.04. The molecule has 0 radical (unpaired) electrons. The molecule has 0 atom stereocenters. The Morgan fingerprint density at radius 1 is 0.935 bits per heavy atom. The first kappa shape index (κ1) is 20.7. The van der Waals surface area contributed by atoms with Crippen LogP contribution in [0.1, 0.15) is 22.3 Å². The van der Waals surface area contributed by atoms with Gasteiger partial charge in [0.2, 0.25) is 0 Å². The summed E-state index contributed by atoms with van der Waals surface area (Å²) < 4.78 is 11.9. The number of furan rings is 1. The molecule has 0 aliphatic carbocycles. The predicted molar refractivity (Wildman–Crippen MR) is 120 cm³/mol. The Balaban J connectivity index is 1.70. The van der Waals surface area contributed by atoms with Crippen LogP contribution < -0.4 is 16.2 Å². The summed E-state index contributed by atoms with van der Waals surface area (Å²) in [5.41, 5.74) is 17.8. The van der Waals surface area contributed by atoms with E-state index in [0.717, 1.165) is 38.8 Å². The molecule has 1 heterocycles. The molecule has 4 rings (SSSR count). The van der Waals surface area contributed by atoms with Crippen LogP contribution in [0.3, 0.4) is 0 Å². The fourth-order valence-corrected chi connectivity index (χ4v) is 3.75. The molecule has 0 bridgehead atoms. The molecule has 1 aromatic heterocycles. The van der Waals surface area contributed by atoms with Crippen molar-refractivity contribution in [3.05, 3.63) is 89.2 Å². The lowest BCUT2D eigenvalue weighted by Crippen LogP contribution is -2.08. The second-order valence-electron chi connectivity index (χ2n) is 7.36. The monoisotopic (exact) mass is 416 g/mol. The number of ether oxygens (including phenoxy) is 1. The second-order valence-corrected chi connectivity index (χ2v) is 7.36. The Kier molecular flexibility index (Phi) is 6.02. The lowest BCUT2D eigenvalue weighted by atomic mass is 9.99. The number of hydrogen-bond acceptors (Lipinski definition) is 5. The number of nitrogens with two attached hydrogens (primary N) is 2. The van der Waals surface area contributed by atoms with Gasteiger partial charge in [0.05, 0.1) is 12.7 Å². The number of carbonyl (C=O) groups is 1. The average molecular weight is 416 g/mol. The van der Waals surface area contributed by atoms with Crippen LogP contribution >= 0.6 is 0 Å². The van der Waals surface area contributed by atoms with Gasteiger partial charge in [0.25, 0.3) is 0 Å².